The van der Waals surface area contributed by atoms with Crippen LogP contribution in [0.5, 0.6) is 0 Å². The topological polar surface area (TPSA) is 68.1 Å². The molecule has 30 heavy (non-hydrogen) atoms. The molecule has 154 valence electrons. The smallest absolute Gasteiger partial charge is 0.262 e. The van der Waals surface area contributed by atoms with Gasteiger partial charge in [0.15, 0.2) is 10.3 Å². The van der Waals surface area contributed by atoms with Crippen molar-refractivity contribution in [2.45, 2.75) is 32.0 Å². The van der Waals surface area contributed by atoms with Gasteiger partial charge in [0.2, 0.25) is 5.91 Å². The Morgan fingerprint density at radius 2 is 1.80 bits per heavy atom. The van der Waals surface area contributed by atoms with Crippen LogP contribution in [0.2, 0.25) is 0 Å². The maximum absolute atomic E-state index is 13.0. The fraction of sp³-hybridized carbons (Fsp3) is 0.273. The Morgan fingerprint density at radius 1 is 1.10 bits per heavy atom. The number of thioether (sulfide) groups is 1. The zero-order valence-electron chi connectivity index (χ0n) is 17.0. The predicted molar refractivity (Wildman–Crippen MR) is 125 cm³/mol. The molecule has 2 aromatic heterocycles. The van der Waals surface area contributed by atoms with Gasteiger partial charge in [0.25, 0.3) is 5.56 Å². The quantitative estimate of drug-likeness (QED) is 0.321. The van der Waals surface area contributed by atoms with Gasteiger partial charge in [-0.05, 0) is 45.0 Å². The van der Waals surface area contributed by atoms with Crippen LogP contribution in [-0.4, -0.2) is 32.7 Å². The Bertz CT molecular complexity index is 1250. The number of aromatic nitrogens is 3. The number of carbonyl (C=O) groups is 1. The third-order valence-corrected chi connectivity index (χ3v) is 6.74. The van der Waals surface area contributed by atoms with E-state index in [1.54, 1.807) is 15.5 Å². The lowest BCUT2D eigenvalue weighted by atomic mass is 10.2. The zero-order chi connectivity index (χ0) is 21.3. The number of hydrogen-bond donors (Lipinski definition) is 0. The number of para-hydroxylation sites is 2. The van der Waals surface area contributed by atoms with Gasteiger partial charge in [0.1, 0.15) is 0 Å². The summed E-state index contributed by atoms with van der Waals surface area (Å²) < 4.78 is 2.71. The number of benzene rings is 2. The van der Waals surface area contributed by atoms with E-state index >= 15 is 0 Å². The first kappa shape index (κ1) is 20.6. The second kappa shape index (κ2) is 8.57. The largest absolute Gasteiger partial charge is 0.288 e. The Labute approximate surface area is 182 Å². The van der Waals surface area contributed by atoms with Crippen molar-refractivity contribution in [3.05, 3.63) is 58.9 Å². The van der Waals surface area contributed by atoms with Crippen LogP contribution in [0.3, 0.4) is 0 Å². The Balaban J connectivity index is 1.61. The Kier molecular flexibility index (Phi) is 5.87. The van der Waals surface area contributed by atoms with Gasteiger partial charge < -0.3 is 0 Å². The van der Waals surface area contributed by atoms with Gasteiger partial charge in [0, 0.05) is 12.6 Å². The molecule has 0 aliphatic rings. The van der Waals surface area contributed by atoms with Crippen molar-refractivity contribution in [3.8, 4) is 0 Å². The Morgan fingerprint density at radius 3 is 2.50 bits per heavy atom. The molecular formula is C22H22N4O2S2. The second-order valence-corrected chi connectivity index (χ2v) is 9.02. The van der Waals surface area contributed by atoms with Crippen LogP contribution in [0, 0.1) is 0 Å². The summed E-state index contributed by atoms with van der Waals surface area (Å²) in [4.78, 5) is 36.9. The summed E-state index contributed by atoms with van der Waals surface area (Å²) in [6.45, 7) is 6.36. The van der Waals surface area contributed by atoms with Crippen LogP contribution in [0.15, 0.2) is 58.5 Å². The van der Waals surface area contributed by atoms with Gasteiger partial charge in [-0.25, -0.2) is 9.97 Å². The number of rotatable bonds is 6. The lowest BCUT2D eigenvalue weighted by Gasteiger charge is -2.19. The second-order valence-electron chi connectivity index (χ2n) is 7.07. The molecule has 0 saturated carbocycles. The van der Waals surface area contributed by atoms with E-state index in [0.29, 0.717) is 27.7 Å². The molecule has 0 atom stereocenters. The average Bonchev–Trinajstić information content (AvgIpc) is 3.16. The highest BCUT2D eigenvalue weighted by Gasteiger charge is 2.20. The minimum Gasteiger partial charge on any atom is -0.288 e. The summed E-state index contributed by atoms with van der Waals surface area (Å²) in [6.07, 6.45) is 0. The molecule has 2 aromatic carbocycles. The molecule has 0 unspecified atom stereocenters. The van der Waals surface area contributed by atoms with Gasteiger partial charge in [-0.1, -0.05) is 47.4 Å². The number of amides is 1. The van der Waals surface area contributed by atoms with Crippen molar-refractivity contribution in [1.29, 1.82) is 0 Å². The maximum atomic E-state index is 13.0. The summed E-state index contributed by atoms with van der Waals surface area (Å²) in [6, 6.07) is 15.1. The fourth-order valence-corrected chi connectivity index (χ4v) is 5.33. The van der Waals surface area contributed by atoms with Crippen LogP contribution < -0.4 is 10.5 Å². The first-order valence-electron chi connectivity index (χ1n) is 9.79. The molecule has 0 N–H and O–H groups in total. The molecule has 1 amide bonds. The summed E-state index contributed by atoms with van der Waals surface area (Å²) in [7, 11) is 0. The van der Waals surface area contributed by atoms with Crippen molar-refractivity contribution in [3.63, 3.8) is 0 Å². The minimum atomic E-state index is -0.0796. The van der Waals surface area contributed by atoms with E-state index in [9.17, 15) is 9.59 Å². The van der Waals surface area contributed by atoms with Crippen molar-refractivity contribution in [2.75, 3.05) is 17.2 Å². The number of thiazole rings is 1. The summed E-state index contributed by atoms with van der Waals surface area (Å²) in [5, 5.41) is 1.84. The molecule has 0 bridgehead atoms. The number of carbonyl (C=O) groups excluding carboxylic acids is 1. The molecule has 6 nitrogen and oxygen atoms in total. The normalized spacial score (nSPS) is 11.5. The van der Waals surface area contributed by atoms with Gasteiger partial charge in [-0.2, -0.15) is 0 Å². The monoisotopic (exact) mass is 438 g/mol. The summed E-state index contributed by atoms with van der Waals surface area (Å²) >= 11 is 2.80. The van der Waals surface area contributed by atoms with Crippen molar-refractivity contribution in [2.24, 2.45) is 0 Å². The molecular weight excluding hydrogens is 416 g/mol. The van der Waals surface area contributed by atoms with E-state index in [-0.39, 0.29) is 23.3 Å². The first-order valence-corrected chi connectivity index (χ1v) is 11.6. The molecule has 8 heteroatoms. The number of nitrogens with zero attached hydrogens (tertiary/aromatic N) is 4. The lowest BCUT2D eigenvalue weighted by Crippen LogP contribution is -2.32. The molecule has 0 saturated heterocycles. The van der Waals surface area contributed by atoms with E-state index in [1.165, 1.54) is 23.1 Å². The van der Waals surface area contributed by atoms with Gasteiger partial charge >= 0.3 is 0 Å². The van der Waals surface area contributed by atoms with E-state index < -0.39 is 0 Å². The van der Waals surface area contributed by atoms with Crippen molar-refractivity contribution in [1.82, 2.24) is 14.5 Å². The standard InChI is InChI=1S/C22H22N4O2S2/c1-4-25(21-24-17-11-7-8-12-18(17)30-21)19(27)13-29-22-23-16-10-6-5-9-15(16)20(28)26(22)14(2)3/h5-12,14H,4,13H2,1-3H3. The van der Waals surface area contributed by atoms with Crippen LogP contribution in [0.4, 0.5) is 5.13 Å². The molecule has 0 spiro atoms. The van der Waals surface area contributed by atoms with Crippen molar-refractivity contribution < 1.29 is 4.79 Å². The van der Waals surface area contributed by atoms with Crippen molar-refractivity contribution >= 4 is 55.3 Å². The lowest BCUT2D eigenvalue weighted by molar-refractivity contribution is -0.116. The molecule has 0 aliphatic heterocycles. The van der Waals surface area contributed by atoms with Gasteiger partial charge in [-0.3, -0.25) is 19.1 Å². The van der Waals surface area contributed by atoms with E-state index in [4.69, 9.17) is 0 Å². The minimum absolute atomic E-state index is 0.0562. The molecule has 0 radical (unpaired) electrons. The molecule has 2 heterocycles. The molecule has 4 rings (SSSR count). The number of fused-ring (bicyclic) bond motifs is 2. The molecule has 0 fully saturated rings. The third kappa shape index (κ3) is 3.85. The highest BCUT2D eigenvalue weighted by atomic mass is 32.2. The fourth-order valence-electron chi connectivity index (χ4n) is 3.28. The number of anilines is 1. The van der Waals surface area contributed by atoms with Crippen LogP contribution >= 0.6 is 23.1 Å². The van der Waals surface area contributed by atoms with Gasteiger partial charge in [0.05, 0.1) is 26.9 Å². The zero-order valence-corrected chi connectivity index (χ0v) is 18.7. The van der Waals surface area contributed by atoms with Crippen LogP contribution in [0.25, 0.3) is 21.1 Å². The average molecular weight is 439 g/mol. The summed E-state index contributed by atoms with van der Waals surface area (Å²) in [5.74, 6) is 0.126. The molecule has 0 aliphatic carbocycles. The first-order chi connectivity index (χ1) is 14.5. The van der Waals surface area contributed by atoms with Gasteiger partial charge in [-0.15, -0.1) is 0 Å². The predicted octanol–water partition coefficient (Wildman–Crippen LogP) is 4.73. The Hall–Kier alpha value is -2.71. The third-order valence-electron chi connectivity index (χ3n) is 4.75. The SMILES string of the molecule is CCN(C(=O)CSc1nc2ccccc2c(=O)n1C(C)C)c1nc2ccccc2s1. The van der Waals surface area contributed by atoms with E-state index in [2.05, 4.69) is 9.97 Å². The number of hydrogen-bond acceptors (Lipinski definition) is 6. The summed E-state index contributed by atoms with van der Waals surface area (Å²) in [5.41, 5.74) is 1.46. The highest BCUT2D eigenvalue weighted by molar-refractivity contribution is 7.99. The highest BCUT2D eigenvalue weighted by Crippen LogP contribution is 2.29. The van der Waals surface area contributed by atoms with Crippen LogP contribution in [0.1, 0.15) is 26.8 Å². The van der Waals surface area contributed by atoms with Crippen LogP contribution in [-0.2, 0) is 4.79 Å². The molecule has 4 aromatic rings. The van der Waals surface area contributed by atoms with E-state index in [1.807, 2.05) is 63.2 Å². The van der Waals surface area contributed by atoms with E-state index in [0.717, 1.165) is 10.2 Å². The maximum Gasteiger partial charge on any atom is 0.262 e.